The van der Waals surface area contributed by atoms with Gasteiger partial charge in [0, 0.05) is 6.20 Å². The highest BCUT2D eigenvalue weighted by molar-refractivity contribution is 7.90. The zero-order valence-electron chi connectivity index (χ0n) is 7.28. The molecule has 1 aromatic heterocycles. The van der Waals surface area contributed by atoms with E-state index in [4.69, 9.17) is 5.11 Å². The van der Waals surface area contributed by atoms with Crippen LogP contribution in [-0.2, 0) is 22.0 Å². The summed E-state index contributed by atoms with van der Waals surface area (Å²) in [6, 6.07) is 0. The molecule has 1 aliphatic rings. The average Bonchev–Trinajstić information content (AvgIpc) is 2.44. The molecule has 0 saturated carbocycles. The lowest BCUT2D eigenvalue weighted by atomic mass is 10.1. The van der Waals surface area contributed by atoms with E-state index in [9.17, 15) is 13.2 Å². The van der Waals surface area contributed by atoms with Crippen LogP contribution in [0.1, 0.15) is 21.6 Å². The van der Waals surface area contributed by atoms with Gasteiger partial charge in [0.05, 0.1) is 11.5 Å². The van der Waals surface area contributed by atoms with Gasteiger partial charge >= 0.3 is 5.97 Å². The van der Waals surface area contributed by atoms with Crippen LogP contribution in [0.4, 0.5) is 0 Å². The quantitative estimate of drug-likeness (QED) is 0.699. The van der Waals surface area contributed by atoms with Crippen LogP contribution >= 0.6 is 0 Å². The summed E-state index contributed by atoms with van der Waals surface area (Å²) in [5.74, 6) is -1.05. The van der Waals surface area contributed by atoms with Crippen LogP contribution in [0.3, 0.4) is 0 Å². The summed E-state index contributed by atoms with van der Waals surface area (Å²) in [6.45, 7) is 0. The van der Waals surface area contributed by atoms with Crippen LogP contribution < -0.4 is 0 Å². The smallest absolute Gasteiger partial charge is 0.352 e. The van der Waals surface area contributed by atoms with E-state index >= 15 is 0 Å². The van der Waals surface area contributed by atoms with Crippen molar-refractivity contribution in [3.05, 3.63) is 23.0 Å². The molecule has 0 radical (unpaired) electrons. The van der Waals surface area contributed by atoms with Gasteiger partial charge in [-0.05, 0) is 17.5 Å². The third-order valence-corrected chi connectivity index (χ3v) is 3.91. The molecule has 5 nitrogen and oxygen atoms in total. The van der Waals surface area contributed by atoms with Gasteiger partial charge in [-0.2, -0.15) is 0 Å². The first-order valence-electron chi connectivity index (χ1n) is 4.12. The molecule has 0 aromatic carbocycles. The van der Waals surface area contributed by atoms with E-state index in [1.54, 1.807) is 0 Å². The molecule has 0 atom stereocenters. The second-order valence-electron chi connectivity index (χ2n) is 3.31. The number of fused-ring (bicyclic) bond motifs is 1. The predicted molar refractivity (Wildman–Crippen MR) is 48.9 cm³/mol. The van der Waals surface area contributed by atoms with E-state index in [1.807, 2.05) is 0 Å². The van der Waals surface area contributed by atoms with E-state index in [1.165, 1.54) is 6.20 Å². The molecule has 0 fully saturated rings. The van der Waals surface area contributed by atoms with Gasteiger partial charge in [-0.15, -0.1) is 0 Å². The minimum atomic E-state index is -3.02. The van der Waals surface area contributed by atoms with E-state index in [0.717, 1.165) is 0 Å². The first kappa shape index (κ1) is 9.26. The Kier molecular flexibility index (Phi) is 1.88. The van der Waals surface area contributed by atoms with E-state index < -0.39 is 15.8 Å². The number of sulfone groups is 1. The van der Waals surface area contributed by atoms with E-state index in [-0.39, 0.29) is 17.2 Å². The van der Waals surface area contributed by atoms with Gasteiger partial charge in [-0.1, -0.05) is 0 Å². The number of H-pyrrole nitrogens is 1. The van der Waals surface area contributed by atoms with Gasteiger partial charge in [0.1, 0.15) is 5.69 Å². The molecule has 0 aliphatic carbocycles. The van der Waals surface area contributed by atoms with Crippen molar-refractivity contribution in [2.75, 3.05) is 5.75 Å². The van der Waals surface area contributed by atoms with Crippen molar-refractivity contribution < 1.29 is 18.3 Å². The molecule has 0 saturated heterocycles. The number of carboxylic acid groups (broad SMARTS) is 1. The molecule has 2 heterocycles. The number of carbonyl (C=O) groups is 1. The normalized spacial score (nSPS) is 18.9. The minimum absolute atomic E-state index is 0.0398. The molecule has 0 bridgehead atoms. The fraction of sp³-hybridized carbons (Fsp3) is 0.375. The van der Waals surface area contributed by atoms with Crippen LogP contribution in [0.25, 0.3) is 0 Å². The van der Waals surface area contributed by atoms with Crippen LogP contribution in [0, 0.1) is 0 Å². The summed E-state index contributed by atoms with van der Waals surface area (Å²) < 4.78 is 22.5. The summed E-state index contributed by atoms with van der Waals surface area (Å²) in [5.41, 5.74) is 1.34. The maximum Gasteiger partial charge on any atom is 0.352 e. The van der Waals surface area contributed by atoms with Crippen LogP contribution in [-0.4, -0.2) is 30.2 Å². The first-order valence-corrected chi connectivity index (χ1v) is 5.94. The lowest BCUT2D eigenvalue weighted by molar-refractivity contribution is 0.0690. The van der Waals surface area contributed by atoms with E-state index in [2.05, 4.69) is 4.98 Å². The fourth-order valence-electron chi connectivity index (χ4n) is 1.67. The van der Waals surface area contributed by atoms with Gasteiger partial charge in [0.25, 0.3) is 0 Å². The van der Waals surface area contributed by atoms with Crippen LogP contribution in [0.5, 0.6) is 0 Å². The van der Waals surface area contributed by atoms with Crippen molar-refractivity contribution in [1.82, 2.24) is 4.98 Å². The Morgan fingerprint density at radius 3 is 2.86 bits per heavy atom. The number of aromatic nitrogens is 1. The van der Waals surface area contributed by atoms with Gasteiger partial charge < -0.3 is 10.1 Å². The summed E-state index contributed by atoms with van der Waals surface area (Å²) in [4.78, 5) is 13.3. The molecule has 0 spiro atoms. The highest BCUT2D eigenvalue weighted by Gasteiger charge is 2.26. The number of carboxylic acids is 1. The maximum atomic E-state index is 11.2. The standard InChI is InChI=1S/C8H9NO4S/c10-8(11)7-6-1-2-14(12,13)4-5(6)3-9-7/h3,9H,1-2,4H2,(H,10,11). The summed E-state index contributed by atoms with van der Waals surface area (Å²) in [7, 11) is -3.02. The molecule has 6 heteroatoms. The van der Waals surface area contributed by atoms with Crippen molar-refractivity contribution in [2.45, 2.75) is 12.2 Å². The average molecular weight is 215 g/mol. The fourth-order valence-corrected chi connectivity index (χ4v) is 3.06. The Morgan fingerprint density at radius 1 is 1.50 bits per heavy atom. The molecule has 0 amide bonds. The monoisotopic (exact) mass is 215 g/mol. The lowest BCUT2D eigenvalue weighted by Gasteiger charge is -2.12. The van der Waals surface area contributed by atoms with Crippen molar-refractivity contribution >= 4 is 15.8 Å². The highest BCUT2D eigenvalue weighted by Crippen LogP contribution is 2.23. The third-order valence-electron chi connectivity index (χ3n) is 2.33. The SMILES string of the molecule is O=C(O)c1[nH]cc2c1CCS(=O)(=O)C2. The zero-order valence-corrected chi connectivity index (χ0v) is 8.10. The molecule has 14 heavy (non-hydrogen) atoms. The molecule has 76 valence electrons. The minimum Gasteiger partial charge on any atom is -0.477 e. The number of nitrogens with one attached hydrogen (secondary N) is 1. The van der Waals surface area contributed by atoms with Crippen molar-refractivity contribution in [3.8, 4) is 0 Å². The number of aromatic carboxylic acids is 1. The van der Waals surface area contributed by atoms with Gasteiger partial charge in [0.2, 0.25) is 0 Å². The molecule has 2 N–H and O–H groups in total. The Labute approximate surface area is 80.7 Å². The topological polar surface area (TPSA) is 87.2 Å². The Morgan fingerprint density at radius 2 is 2.21 bits per heavy atom. The van der Waals surface area contributed by atoms with Gasteiger partial charge in [0.15, 0.2) is 9.84 Å². The van der Waals surface area contributed by atoms with E-state index in [0.29, 0.717) is 17.5 Å². The lowest BCUT2D eigenvalue weighted by Crippen LogP contribution is -2.19. The molecular weight excluding hydrogens is 206 g/mol. The number of aromatic amines is 1. The number of hydrogen-bond donors (Lipinski definition) is 2. The van der Waals surface area contributed by atoms with Gasteiger partial charge in [-0.3, -0.25) is 0 Å². The molecule has 2 rings (SSSR count). The first-order chi connectivity index (χ1) is 6.49. The van der Waals surface area contributed by atoms with Crippen LogP contribution in [0.2, 0.25) is 0 Å². The second kappa shape index (κ2) is 2.84. The summed E-state index contributed by atoms with van der Waals surface area (Å²) in [6.07, 6.45) is 1.76. The highest BCUT2D eigenvalue weighted by atomic mass is 32.2. The Bertz CT molecular complexity index is 485. The maximum absolute atomic E-state index is 11.2. The molecule has 1 aromatic rings. The summed E-state index contributed by atoms with van der Waals surface area (Å²) >= 11 is 0. The molecule has 0 unspecified atom stereocenters. The number of rotatable bonds is 1. The van der Waals surface area contributed by atoms with Crippen LogP contribution in [0.15, 0.2) is 6.20 Å². The number of hydrogen-bond acceptors (Lipinski definition) is 3. The van der Waals surface area contributed by atoms with Crippen molar-refractivity contribution in [3.63, 3.8) is 0 Å². The molecule has 1 aliphatic heterocycles. The Hall–Kier alpha value is -1.30. The third kappa shape index (κ3) is 1.41. The molecular formula is C8H9NO4S. The van der Waals surface area contributed by atoms with Crippen molar-refractivity contribution in [2.24, 2.45) is 0 Å². The zero-order chi connectivity index (χ0) is 10.3. The predicted octanol–water partition coefficient (Wildman–Crippen LogP) is 0.184. The largest absolute Gasteiger partial charge is 0.477 e. The van der Waals surface area contributed by atoms with Crippen molar-refractivity contribution in [1.29, 1.82) is 0 Å². The summed E-state index contributed by atoms with van der Waals surface area (Å²) in [5, 5.41) is 8.78. The second-order valence-corrected chi connectivity index (χ2v) is 5.50. The van der Waals surface area contributed by atoms with Gasteiger partial charge in [-0.25, -0.2) is 13.2 Å². The Balaban J connectivity index is 2.49.